The Hall–Kier alpha value is -0.590. The van der Waals surface area contributed by atoms with Crippen LogP contribution in [0.4, 0.5) is 0 Å². The van der Waals surface area contributed by atoms with Crippen molar-refractivity contribution in [3.8, 4) is 11.3 Å². The van der Waals surface area contributed by atoms with E-state index >= 15 is 0 Å². The maximum absolute atomic E-state index is 6.19. The van der Waals surface area contributed by atoms with Crippen molar-refractivity contribution in [2.45, 2.75) is 32.9 Å². The number of nitrogens with two attached hydrogens (primary N) is 1. The van der Waals surface area contributed by atoms with Crippen molar-refractivity contribution in [2.75, 3.05) is 13.1 Å². The summed E-state index contributed by atoms with van der Waals surface area (Å²) in [5.41, 5.74) is 7.36. The number of oxazole rings is 1. The van der Waals surface area contributed by atoms with Crippen LogP contribution in [0.2, 0.25) is 0 Å². The van der Waals surface area contributed by atoms with Crippen molar-refractivity contribution < 1.29 is 4.42 Å². The molecule has 2 heterocycles. The number of nitrogens with zero attached hydrogens (tertiary/aromatic N) is 2. The highest BCUT2D eigenvalue weighted by atomic mass is 79.9. The molecule has 0 aliphatic carbocycles. The van der Waals surface area contributed by atoms with Gasteiger partial charge < -0.3 is 10.2 Å². The van der Waals surface area contributed by atoms with Gasteiger partial charge in [0.2, 0.25) is 5.89 Å². The van der Waals surface area contributed by atoms with Crippen LogP contribution in [0.25, 0.3) is 11.3 Å². The van der Waals surface area contributed by atoms with E-state index in [-0.39, 0.29) is 36.3 Å². The molecule has 7 heteroatoms. The van der Waals surface area contributed by atoms with Gasteiger partial charge in [0.05, 0.1) is 12.7 Å². The van der Waals surface area contributed by atoms with Gasteiger partial charge in [0, 0.05) is 29.2 Å². The van der Waals surface area contributed by atoms with E-state index in [9.17, 15) is 0 Å². The van der Waals surface area contributed by atoms with E-state index < -0.39 is 0 Å². The van der Waals surface area contributed by atoms with Gasteiger partial charge in [0.25, 0.3) is 0 Å². The van der Waals surface area contributed by atoms with E-state index in [1.807, 2.05) is 24.3 Å². The summed E-state index contributed by atoms with van der Waals surface area (Å²) in [5, 5.41) is 0. The molecule has 2 N–H and O–H groups in total. The number of likely N-dealkylation sites (tertiary alicyclic amines) is 1. The van der Waals surface area contributed by atoms with Gasteiger partial charge in [-0.05, 0) is 17.9 Å². The Labute approximate surface area is 164 Å². The minimum atomic E-state index is 0. The SMILES string of the molecule is CC1(C)CN(Cc2ncc(-c3ccccc3Br)o2)CCC1N.Cl.Cl. The first kappa shape index (κ1) is 21.5. The predicted molar refractivity (Wildman–Crippen MR) is 106 cm³/mol. The fraction of sp³-hybridized carbons (Fsp3) is 0.471. The van der Waals surface area contributed by atoms with Gasteiger partial charge in [-0.2, -0.15) is 0 Å². The molecule has 3 rings (SSSR count). The standard InChI is InChI=1S/C17H22BrN3O.2ClH/c1-17(2)11-21(8-7-15(17)19)10-16-20-9-14(22-16)12-5-3-4-6-13(12)18;;/h3-6,9,15H,7-8,10-11,19H2,1-2H3;2*1H. The summed E-state index contributed by atoms with van der Waals surface area (Å²) in [6, 6.07) is 8.29. The fourth-order valence-corrected chi connectivity index (χ4v) is 3.46. The molecule has 1 saturated heterocycles. The van der Waals surface area contributed by atoms with Crippen LogP contribution in [-0.4, -0.2) is 29.0 Å². The Morgan fingerprint density at radius 2 is 2.04 bits per heavy atom. The highest BCUT2D eigenvalue weighted by Crippen LogP contribution is 2.31. The highest BCUT2D eigenvalue weighted by Gasteiger charge is 2.33. The number of halogens is 3. The molecular formula is C17H24BrCl2N3O. The lowest BCUT2D eigenvalue weighted by Crippen LogP contribution is -2.52. The van der Waals surface area contributed by atoms with Crippen LogP contribution in [0.1, 0.15) is 26.2 Å². The first-order valence-electron chi connectivity index (χ1n) is 7.63. The molecule has 24 heavy (non-hydrogen) atoms. The van der Waals surface area contributed by atoms with Crippen molar-refractivity contribution in [2.24, 2.45) is 11.1 Å². The van der Waals surface area contributed by atoms with Crippen LogP contribution < -0.4 is 5.73 Å². The van der Waals surface area contributed by atoms with Gasteiger partial charge in [-0.3, -0.25) is 4.90 Å². The zero-order chi connectivity index (χ0) is 15.7. The molecule has 1 aliphatic rings. The van der Waals surface area contributed by atoms with Crippen molar-refractivity contribution >= 4 is 40.7 Å². The fourth-order valence-electron chi connectivity index (χ4n) is 2.98. The summed E-state index contributed by atoms with van der Waals surface area (Å²) in [6.45, 7) is 7.16. The molecule has 2 aromatic rings. The first-order valence-corrected chi connectivity index (χ1v) is 8.42. The zero-order valence-corrected chi connectivity index (χ0v) is 17.1. The Bertz CT molecular complexity index is 663. The number of rotatable bonds is 3. The number of hydrogen-bond donors (Lipinski definition) is 1. The number of benzene rings is 1. The lowest BCUT2D eigenvalue weighted by Gasteiger charge is -2.42. The maximum atomic E-state index is 6.19. The molecule has 0 saturated carbocycles. The second-order valence-corrected chi connectivity index (χ2v) is 7.55. The summed E-state index contributed by atoms with van der Waals surface area (Å²) < 4.78 is 6.95. The van der Waals surface area contributed by atoms with Crippen LogP contribution in [0, 0.1) is 5.41 Å². The molecular weight excluding hydrogens is 413 g/mol. The molecule has 1 unspecified atom stereocenters. The molecule has 134 valence electrons. The van der Waals surface area contributed by atoms with E-state index in [0.29, 0.717) is 0 Å². The third-order valence-corrected chi connectivity index (χ3v) is 5.13. The van der Waals surface area contributed by atoms with Crippen LogP contribution in [0.5, 0.6) is 0 Å². The van der Waals surface area contributed by atoms with Gasteiger partial charge in [0.15, 0.2) is 5.76 Å². The molecule has 0 amide bonds. The second-order valence-electron chi connectivity index (χ2n) is 6.69. The Kier molecular flexibility index (Phi) is 7.75. The lowest BCUT2D eigenvalue weighted by molar-refractivity contribution is 0.0832. The maximum Gasteiger partial charge on any atom is 0.209 e. The quantitative estimate of drug-likeness (QED) is 0.768. The topological polar surface area (TPSA) is 55.3 Å². The summed E-state index contributed by atoms with van der Waals surface area (Å²) in [5.74, 6) is 1.56. The summed E-state index contributed by atoms with van der Waals surface area (Å²) in [6.07, 6.45) is 2.82. The van der Waals surface area contributed by atoms with Gasteiger partial charge in [-0.1, -0.05) is 48.0 Å². The zero-order valence-electron chi connectivity index (χ0n) is 13.9. The predicted octanol–water partition coefficient (Wildman–Crippen LogP) is 4.51. The lowest BCUT2D eigenvalue weighted by atomic mass is 9.80. The molecule has 0 bridgehead atoms. The monoisotopic (exact) mass is 435 g/mol. The smallest absolute Gasteiger partial charge is 0.209 e. The van der Waals surface area contributed by atoms with Crippen molar-refractivity contribution in [3.63, 3.8) is 0 Å². The van der Waals surface area contributed by atoms with Crippen molar-refractivity contribution in [3.05, 3.63) is 40.8 Å². The highest BCUT2D eigenvalue weighted by molar-refractivity contribution is 9.10. The average Bonchev–Trinajstić information content (AvgIpc) is 2.91. The van der Waals surface area contributed by atoms with E-state index in [2.05, 4.69) is 39.7 Å². The molecule has 1 fully saturated rings. The third kappa shape index (κ3) is 4.73. The third-order valence-electron chi connectivity index (χ3n) is 4.44. The molecule has 1 aromatic heterocycles. The average molecular weight is 437 g/mol. The summed E-state index contributed by atoms with van der Waals surface area (Å²) in [7, 11) is 0. The second kappa shape index (κ2) is 8.68. The van der Waals surface area contributed by atoms with Gasteiger partial charge in [0.1, 0.15) is 0 Å². The van der Waals surface area contributed by atoms with E-state index in [0.717, 1.165) is 47.7 Å². The normalized spacial score (nSPS) is 20.1. The summed E-state index contributed by atoms with van der Waals surface area (Å²) in [4.78, 5) is 6.81. The van der Waals surface area contributed by atoms with E-state index in [4.69, 9.17) is 10.2 Å². The summed E-state index contributed by atoms with van der Waals surface area (Å²) >= 11 is 3.55. The van der Waals surface area contributed by atoms with Crippen LogP contribution in [-0.2, 0) is 6.54 Å². The minimum absolute atomic E-state index is 0. The van der Waals surface area contributed by atoms with E-state index in [1.54, 1.807) is 6.20 Å². The molecule has 4 nitrogen and oxygen atoms in total. The van der Waals surface area contributed by atoms with Gasteiger partial charge in [-0.15, -0.1) is 24.8 Å². The van der Waals surface area contributed by atoms with Gasteiger partial charge in [-0.25, -0.2) is 4.98 Å². The Balaban J connectivity index is 0.00000144. The molecule has 1 aliphatic heterocycles. The minimum Gasteiger partial charge on any atom is -0.439 e. The van der Waals surface area contributed by atoms with Crippen molar-refractivity contribution in [1.82, 2.24) is 9.88 Å². The van der Waals surface area contributed by atoms with Gasteiger partial charge >= 0.3 is 0 Å². The largest absolute Gasteiger partial charge is 0.439 e. The van der Waals surface area contributed by atoms with Crippen LogP contribution >= 0.6 is 40.7 Å². The van der Waals surface area contributed by atoms with Crippen LogP contribution in [0.3, 0.4) is 0 Å². The number of hydrogen-bond acceptors (Lipinski definition) is 4. The number of piperidine rings is 1. The molecule has 1 aromatic carbocycles. The first-order chi connectivity index (χ1) is 10.5. The van der Waals surface area contributed by atoms with Crippen molar-refractivity contribution in [1.29, 1.82) is 0 Å². The molecule has 1 atom stereocenters. The Morgan fingerprint density at radius 3 is 2.71 bits per heavy atom. The Morgan fingerprint density at radius 1 is 1.33 bits per heavy atom. The number of aromatic nitrogens is 1. The van der Waals surface area contributed by atoms with E-state index in [1.165, 1.54) is 0 Å². The van der Waals surface area contributed by atoms with Crippen LogP contribution in [0.15, 0.2) is 39.4 Å². The molecule has 0 spiro atoms. The molecule has 0 radical (unpaired) electrons.